The molecule has 0 saturated carbocycles. The van der Waals surface area contributed by atoms with Crippen LogP contribution in [0.1, 0.15) is 25.3 Å². The van der Waals surface area contributed by atoms with Crippen molar-refractivity contribution in [2.75, 3.05) is 0 Å². The molecule has 2 aromatic carbocycles. The number of halogens is 1. The highest BCUT2D eigenvalue weighted by Gasteiger charge is 2.11. The molecular formula is C18H23ClN2OS. The average molecular weight is 351 g/mol. The minimum atomic E-state index is -0.405. The van der Waals surface area contributed by atoms with E-state index in [1.54, 1.807) is 11.8 Å². The Morgan fingerprint density at radius 3 is 2.30 bits per heavy atom. The number of nitrogens with two attached hydrogens (primary N) is 1. The molecular weight excluding hydrogens is 328 g/mol. The van der Waals surface area contributed by atoms with Crippen LogP contribution >= 0.6 is 24.2 Å². The maximum absolute atomic E-state index is 11.8. The number of hydrogen-bond donors (Lipinski definition) is 2. The highest BCUT2D eigenvalue weighted by molar-refractivity contribution is 7.99. The number of benzene rings is 2. The normalized spacial score (nSPS) is 11.4. The standard InChI is InChI=1S/C18H22N2OS.ClH/c1-2-6-17(19)18(21)20-13-14-9-11-16(12-10-14)22-15-7-4-3-5-8-15;/h3-5,7-12,17H,2,6,13,19H2,1H3,(H,20,21);1H. The summed E-state index contributed by atoms with van der Waals surface area (Å²) in [5.74, 6) is -0.0791. The zero-order chi connectivity index (χ0) is 15.8. The van der Waals surface area contributed by atoms with E-state index in [1.165, 1.54) is 9.79 Å². The molecule has 0 bridgehead atoms. The maximum Gasteiger partial charge on any atom is 0.237 e. The van der Waals surface area contributed by atoms with Crippen LogP contribution in [0.4, 0.5) is 0 Å². The second-order valence-corrected chi connectivity index (χ2v) is 6.32. The summed E-state index contributed by atoms with van der Waals surface area (Å²) in [6.07, 6.45) is 1.64. The summed E-state index contributed by atoms with van der Waals surface area (Å²) < 4.78 is 0. The molecule has 23 heavy (non-hydrogen) atoms. The van der Waals surface area contributed by atoms with Gasteiger partial charge in [0.05, 0.1) is 6.04 Å². The number of carbonyl (C=O) groups is 1. The molecule has 0 aliphatic rings. The van der Waals surface area contributed by atoms with Gasteiger partial charge in [-0.05, 0) is 36.2 Å². The molecule has 0 spiro atoms. The largest absolute Gasteiger partial charge is 0.351 e. The Hall–Kier alpha value is -1.49. The second kappa shape index (κ2) is 10.3. The fraction of sp³-hybridized carbons (Fsp3) is 0.278. The van der Waals surface area contributed by atoms with Crippen LogP contribution in [-0.4, -0.2) is 11.9 Å². The van der Waals surface area contributed by atoms with Crippen molar-refractivity contribution < 1.29 is 4.79 Å². The van der Waals surface area contributed by atoms with Gasteiger partial charge in [0.2, 0.25) is 5.91 Å². The van der Waals surface area contributed by atoms with E-state index in [4.69, 9.17) is 5.73 Å². The molecule has 1 atom stereocenters. The molecule has 0 aliphatic carbocycles. The van der Waals surface area contributed by atoms with Crippen LogP contribution in [0.15, 0.2) is 64.4 Å². The Kier molecular flexibility index (Phi) is 8.77. The van der Waals surface area contributed by atoms with Crippen molar-refractivity contribution in [3.05, 3.63) is 60.2 Å². The molecule has 3 nitrogen and oxygen atoms in total. The van der Waals surface area contributed by atoms with Crippen molar-refractivity contribution in [1.29, 1.82) is 0 Å². The molecule has 0 saturated heterocycles. The molecule has 1 unspecified atom stereocenters. The van der Waals surface area contributed by atoms with E-state index in [0.717, 1.165) is 18.4 Å². The highest BCUT2D eigenvalue weighted by Crippen LogP contribution is 2.27. The van der Waals surface area contributed by atoms with Gasteiger partial charge in [-0.2, -0.15) is 0 Å². The molecule has 0 aromatic heterocycles. The SMILES string of the molecule is CCCC(N)C(=O)NCc1ccc(Sc2ccccc2)cc1.Cl. The molecule has 2 aromatic rings. The molecule has 5 heteroatoms. The Bertz CT molecular complexity index is 590. The average Bonchev–Trinajstić information content (AvgIpc) is 2.55. The van der Waals surface area contributed by atoms with Gasteiger partial charge in [0, 0.05) is 16.3 Å². The third-order valence-corrected chi connectivity index (χ3v) is 4.32. The van der Waals surface area contributed by atoms with Crippen molar-refractivity contribution in [1.82, 2.24) is 5.32 Å². The van der Waals surface area contributed by atoms with E-state index in [-0.39, 0.29) is 18.3 Å². The fourth-order valence-electron chi connectivity index (χ4n) is 2.06. The van der Waals surface area contributed by atoms with Crippen molar-refractivity contribution in [3.63, 3.8) is 0 Å². The smallest absolute Gasteiger partial charge is 0.237 e. The first-order valence-corrected chi connectivity index (χ1v) is 8.36. The van der Waals surface area contributed by atoms with Gasteiger partial charge in [0.25, 0.3) is 0 Å². The molecule has 3 N–H and O–H groups in total. The number of rotatable bonds is 7. The Balaban J connectivity index is 0.00000264. The van der Waals surface area contributed by atoms with E-state index in [1.807, 2.05) is 37.3 Å². The molecule has 0 heterocycles. The van der Waals surface area contributed by atoms with Gasteiger partial charge in [-0.25, -0.2) is 0 Å². The van der Waals surface area contributed by atoms with Gasteiger partial charge in [0.15, 0.2) is 0 Å². The van der Waals surface area contributed by atoms with Gasteiger partial charge in [-0.3, -0.25) is 4.79 Å². The lowest BCUT2D eigenvalue weighted by Crippen LogP contribution is -2.40. The summed E-state index contributed by atoms with van der Waals surface area (Å²) in [5.41, 5.74) is 6.86. The number of nitrogens with one attached hydrogen (secondary N) is 1. The van der Waals surface area contributed by atoms with E-state index in [2.05, 4.69) is 29.6 Å². The number of carbonyl (C=O) groups excluding carboxylic acids is 1. The van der Waals surface area contributed by atoms with Gasteiger partial charge in [-0.15, -0.1) is 12.4 Å². The lowest BCUT2D eigenvalue weighted by atomic mass is 10.1. The lowest BCUT2D eigenvalue weighted by molar-refractivity contribution is -0.122. The van der Waals surface area contributed by atoms with E-state index >= 15 is 0 Å². The van der Waals surface area contributed by atoms with Crippen LogP contribution < -0.4 is 11.1 Å². The van der Waals surface area contributed by atoms with Crippen molar-refractivity contribution in [2.24, 2.45) is 5.73 Å². The first kappa shape index (κ1) is 19.6. The molecule has 0 aliphatic heterocycles. The van der Waals surface area contributed by atoms with Gasteiger partial charge < -0.3 is 11.1 Å². The highest BCUT2D eigenvalue weighted by atomic mass is 35.5. The van der Waals surface area contributed by atoms with E-state index in [0.29, 0.717) is 6.54 Å². The summed E-state index contributed by atoms with van der Waals surface area (Å²) in [7, 11) is 0. The van der Waals surface area contributed by atoms with Crippen LogP contribution in [0.25, 0.3) is 0 Å². The maximum atomic E-state index is 11.8. The van der Waals surface area contributed by atoms with Gasteiger partial charge >= 0.3 is 0 Å². The first-order chi connectivity index (χ1) is 10.7. The summed E-state index contributed by atoms with van der Waals surface area (Å²) >= 11 is 1.72. The van der Waals surface area contributed by atoms with E-state index < -0.39 is 6.04 Å². The predicted molar refractivity (Wildman–Crippen MR) is 99.0 cm³/mol. The number of hydrogen-bond acceptors (Lipinski definition) is 3. The zero-order valence-electron chi connectivity index (χ0n) is 13.2. The monoisotopic (exact) mass is 350 g/mol. The third kappa shape index (κ3) is 6.65. The Morgan fingerprint density at radius 2 is 1.70 bits per heavy atom. The second-order valence-electron chi connectivity index (χ2n) is 5.17. The summed E-state index contributed by atoms with van der Waals surface area (Å²) in [6.45, 7) is 2.54. The third-order valence-electron chi connectivity index (χ3n) is 3.31. The molecule has 0 radical (unpaired) electrons. The minimum absolute atomic E-state index is 0. The van der Waals surface area contributed by atoms with Crippen LogP contribution in [0, 0.1) is 0 Å². The minimum Gasteiger partial charge on any atom is -0.351 e. The van der Waals surface area contributed by atoms with Crippen molar-refractivity contribution in [3.8, 4) is 0 Å². The van der Waals surface area contributed by atoms with Crippen LogP contribution in [0.3, 0.4) is 0 Å². The fourth-order valence-corrected chi connectivity index (χ4v) is 2.90. The van der Waals surface area contributed by atoms with Crippen LogP contribution in [-0.2, 0) is 11.3 Å². The van der Waals surface area contributed by atoms with Gasteiger partial charge in [0.1, 0.15) is 0 Å². The molecule has 2 rings (SSSR count). The summed E-state index contributed by atoms with van der Waals surface area (Å²) in [5, 5.41) is 2.88. The number of amides is 1. The zero-order valence-corrected chi connectivity index (χ0v) is 14.8. The molecule has 124 valence electrons. The Morgan fingerprint density at radius 1 is 1.09 bits per heavy atom. The topological polar surface area (TPSA) is 55.1 Å². The van der Waals surface area contributed by atoms with E-state index in [9.17, 15) is 4.79 Å². The summed E-state index contributed by atoms with van der Waals surface area (Å²) in [4.78, 5) is 14.2. The van der Waals surface area contributed by atoms with Gasteiger partial charge in [-0.1, -0.05) is 55.4 Å². The molecule has 1 amide bonds. The quantitative estimate of drug-likeness (QED) is 0.793. The Labute approximate surface area is 148 Å². The predicted octanol–water partition coefficient (Wildman–Crippen LogP) is 4.00. The molecule has 0 fully saturated rings. The lowest BCUT2D eigenvalue weighted by Gasteiger charge is -2.11. The van der Waals surface area contributed by atoms with Crippen LogP contribution in [0.2, 0.25) is 0 Å². The summed E-state index contributed by atoms with van der Waals surface area (Å²) in [6, 6.07) is 18.1. The van der Waals surface area contributed by atoms with Crippen LogP contribution in [0.5, 0.6) is 0 Å². The first-order valence-electron chi connectivity index (χ1n) is 7.54. The van der Waals surface area contributed by atoms with Crippen molar-refractivity contribution in [2.45, 2.75) is 42.1 Å². The van der Waals surface area contributed by atoms with Crippen molar-refractivity contribution >= 4 is 30.1 Å².